The minimum Gasteiger partial charge on any atom is -0.462 e. The van der Waals surface area contributed by atoms with Gasteiger partial charge in [-0.2, -0.15) is 13.2 Å². The van der Waals surface area contributed by atoms with E-state index in [1.54, 1.807) is 18.7 Å². The number of piperidine rings is 1. The lowest BCUT2D eigenvalue weighted by atomic mass is 9.96. The summed E-state index contributed by atoms with van der Waals surface area (Å²) in [6.45, 7) is 4.09. The highest BCUT2D eigenvalue weighted by Crippen LogP contribution is 2.34. The molecule has 0 radical (unpaired) electrons. The monoisotopic (exact) mass is 407 g/mol. The Kier molecular flexibility index (Phi) is 6.91. The minimum absolute atomic E-state index is 0.0795. The quantitative estimate of drug-likeness (QED) is 0.760. The van der Waals surface area contributed by atoms with Crippen molar-refractivity contribution < 1.29 is 27.5 Å². The molecule has 0 saturated carbocycles. The molecule has 0 atom stereocenters. The fourth-order valence-electron chi connectivity index (χ4n) is 2.78. The van der Waals surface area contributed by atoms with Gasteiger partial charge in [0, 0.05) is 25.2 Å². The summed E-state index contributed by atoms with van der Waals surface area (Å²) in [6.07, 6.45) is -3.05. The van der Waals surface area contributed by atoms with Gasteiger partial charge in [-0.15, -0.1) is 0 Å². The van der Waals surface area contributed by atoms with E-state index in [9.17, 15) is 22.8 Å². The number of nitrogens with zero attached hydrogens (tertiary/aromatic N) is 2. The molecule has 1 N–H and O–H groups in total. The van der Waals surface area contributed by atoms with Gasteiger partial charge in [-0.3, -0.25) is 9.59 Å². The SMILES string of the molecule is CC(C)OC(=O)CNC(=O)C1CCN(c2ncc(C(F)(F)F)cc2Cl)CC1. The summed E-state index contributed by atoms with van der Waals surface area (Å²) in [5.74, 6) is -0.774. The predicted molar refractivity (Wildman–Crippen MR) is 93.4 cm³/mol. The number of hydrogen-bond donors (Lipinski definition) is 1. The highest BCUT2D eigenvalue weighted by atomic mass is 35.5. The molecule has 1 aliphatic heterocycles. The van der Waals surface area contributed by atoms with E-state index in [1.165, 1.54) is 0 Å². The number of esters is 1. The number of pyridine rings is 1. The Morgan fingerprint density at radius 1 is 1.37 bits per heavy atom. The van der Waals surface area contributed by atoms with Gasteiger partial charge < -0.3 is 15.0 Å². The van der Waals surface area contributed by atoms with E-state index in [4.69, 9.17) is 16.3 Å². The fraction of sp³-hybridized carbons (Fsp3) is 0.588. The van der Waals surface area contributed by atoms with Gasteiger partial charge in [0.2, 0.25) is 5.91 Å². The van der Waals surface area contributed by atoms with Crippen molar-refractivity contribution in [3.8, 4) is 0 Å². The normalized spacial score (nSPS) is 15.7. The molecule has 1 aromatic rings. The first-order valence-electron chi connectivity index (χ1n) is 8.52. The molecule has 0 bridgehead atoms. The van der Waals surface area contributed by atoms with Gasteiger partial charge in [-0.25, -0.2) is 4.98 Å². The van der Waals surface area contributed by atoms with Crippen molar-refractivity contribution in [1.29, 1.82) is 0 Å². The lowest BCUT2D eigenvalue weighted by Crippen LogP contribution is -2.42. The number of hydrogen-bond acceptors (Lipinski definition) is 5. The first kappa shape index (κ1) is 21.3. The van der Waals surface area contributed by atoms with Crippen molar-refractivity contribution in [1.82, 2.24) is 10.3 Å². The summed E-state index contributed by atoms with van der Waals surface area (Å²) in [5.41, 5.74) is -0.904. The molecule has 0 aliphatic carbocycles. The number of carbonyl (C=O) groups excluding carboxylic acids is 2. The molecule has 6 nitrogen and oxygen atoms in total. The van der Waals surface area contributed by atoms with Crippen LogP contribution >= 0.6 is 11.6 Å². The van der Waals surface area contributed by atoms with Crippen LogP contribution in [0.2, 0.25) is 5.02 Å². The Bertz CT molecular complexity index is 690. The number of aromatic nitrogens is 1. The Hall–Kier alpha value is -2.03. The molecule has 1 saturated heterocycles. The standard InChI is InChI=1S/C17H21ClF3N3O3/c1-10(2)27-14(25)9-23-16(26)11-3-5-24(6-4-11)15-13(18)7-12(8-22-15)17(19,20)21/h7-8,10-11H,3-6,9H2,1-2H3,(H,23,26). The average Bonchev–Trinajstić information content (AvgIpc) is 2.58. The Morgan fingerprint density at radius 2 is 2.00 bits per heavy atom. The Labute approximate surface area is 160 Å². The number of nitrogens with one attached hydrogen (secondary N) is 1. The number of rotatable bonds is 5. The average molecular weight is 408 g/mol. The van der Waals surface area contributed by atoms with Crippen molar-refractivity contribution >= 4 is 29.3 Å². The number of alkyl halides is 3. The van der Waals surface area contributed by atoms with Crippen molar-refractivity contribution in [3.63, 3.8) is 0 Å². The summed E-state index contributed by atoms with van der Waals surface area (Å²) in [5, 5.41) is 2.47. The third-order valence-electron chi connectivity index (χ3n) is 4.09. The Morgan fingerprint density at radius 3 is 2.52 bits per heavy atom. The van der Waals surface area contributed by atoms with Gasteiger partial charge in [-0.1, -0.05) is 11.6 Å². The number of ether oxygens (including phenoxy) is 1. The smallest absolute Gasteiger partial charge is 0.417 e. The maximum Gasteiger partial charge on any atom is 0.417 e. The largest absolute Gasteiger partial charge is 0.462 e. The van der Waals surface area contributed by atoms with Crippen molar-refractivity contribution in [2.45, 2.75) is 39.0 Å². The van der Waals surface area contributed by atoms with E-state index < -0.39 is 17.7 Å². The fourth-order valence-corrected chi connectivity index (χ4v) is 3.07. The van der Waals surface area contributed by atoms with Gasteiger partial charge >= 0.3 is 12.1 Å². The highest BCUT2D eigenvalue weighted by molar-refractivity contribution is 6.33. The first-order valence-corrected chi connectivity index (χ1v) is 8.90. The highest BCUT2D eigenvalue weighted by Gasteiger charge is 2.33. The molecule has 2 rings (SSSR count). The lowest BCUT2D eigenvalue weighted by molar-refractivity contribution is -0.147. The minimum atomic E-state index is -4.50. The van der Waals surface area contributed by atoms with Gasteiger partial charge in [0.05, 0.1) is 16.7 Å². The zero-order chi connectivity index (χ0) is 20.2. The van der Waals surface area contributed by atoms with Crippen LogP contribution in [0.3, 0.4) is 0 Å². The molecule has 150 valence electrons. The van der Waals surface area contributed by atoms with Crippen LogP contribution in [0.5, 0.6) is 0 Å². The molecule has 0 unspecified atom stereocenters. The molecule has 1 amide bonds. The Balaban J connectivity index is 1.88. The van der Waals surface area contributed by atoms with Gasteiger partial charge in [0.15, 0.2) is 0 Å². The summed E-state index contributed by atoms with van der Waals surface area (Å²) in [7, 11) is 0. The summed E-state index contributed by atoms with van der Waals surface area (Å²) in [4.78, 5) is 29.2. The maximum absolute atomic E-state index is 12.7. The van der Waals surface area contributed by atoms with Crippen LogP contribution < -0.4 is 10.2 Å². The molecular weight excluding hydrogens is 387 g/mol. The lowest BCUT2D eigenvalue weighted by Gasteiger charge is -2.32. The van der Waals surface area contributed by atoms with E-state index in [2.05, 4.69) is 10.3 Å². The maximum atomic E-state index is 12.7. The number of carbonyl (C=O) groups is 2. The van der Waals surface area contributed by atoms with Crippen molar-refractivity contribution in [2.75, 3.05) is 24.5 Å². The van der Waals surface area contributed by atoms with Crippen LogP contribution in [0.1, 0.15) is 32.3 Å². The molecule has 0 spiro atoms. The van der Waals surface area contributed by atoms with E-state index in [1.807, 2.05) is 0 Å². The van der Waals surface area contributed by atoms with Crippen molar-refractivity contribution in [2.24, 2.45) is 5.92 Å². The summed E-state index contributed by atoms with van der Waals surface area (Å²) in [6, 6.07) is 0.850. The molecule has 2 heterocycles. The van der Waals surface area contributed by atoms with Gasteiger partial charge in [0.25, 0.3) is 0 Å². The topological polar surface area (TPSA) is 71.5 Å². The zero-order valence-corrected chi connectivity index (χ0v) is 15.7. The van der Waals surface area contributed by atoms with Crippen LogP contribution in [0.15, 0.2) is 12.3 Å². The van der Waals surface area contributed by atoms with E-state index in [0.29, 0.717) is 25.9 Å². The van der Waals surface area contributed by atoms with Gasteiger partial charge in [0.1, 0.15) is 12.4 Å². The number of anilines is 1. The second-order valence-corrected chi connectivity index (χ2v) is 6.95. The van der Waals surface area contributed by atoms with E-state index >= 15 is 0 Å². The molecule has 1 fully saturated rings. The molecular formula is C17H21ClF3N3O3. The second kappa shape index (κ2) is 8.77. The van der Waals surface area contributed by atoms with Crippen LogP contribution in [0.4, 0.5) is 19.0 Å². The zero-order valence-electron chi connectivity index (χ0n) is 15.0. The first-order chi connectivity index (χ1) is 12.6. The predicted octanol–water partition coefficient (Wildman–Crippen LogP) is 3.04. The number of halogens is 4. The van der Waals surface area contributed by atoms with E-state index in [-0.39, 0.29) is 35.3 Å². The van der Waals surface area contributed by atoms with E-state index in [0.717, 1.165) is 12.3 Å². The third-order valence-corrected chi connectivity index (χ3v) is 4.37. The molecule has 10 heteroatoms. The number of amides is 1. The van der Waals surface area contributed by atoms with Crippen LogP contribution in [0.25, 0.3) is 0 Å². The summed E-state index contributed by atoms with van der Waals surface area (Å²) >= 11 is 5.96. The second-order valence-electron chi connectivity index (χ2n) is 6.54. The molecule has 1 aliphatic rings. The van der Waals surface area contributed by atoms with Gasteiger partial charge in [-0.05, 0) is 32.8 Å². The van der Waals surface area contributed by atoms with Crippen LogP contribution in [0, 0.1) is 5.92 Å². The third kappa shape index (κ3) is 5.98. The van der Waals surface area contributed by atoms with Crippen molar-refractivity contribution in [3.05, 3.63) is 22.8 Å². The summed E-state index contributed by atoms with van der Waals surface area (Å²) < 4.78 is 43.0. The molecule has 1 aromatic heterocycles. The molecule has 0 aromatic carbocycles. The van der Waals surface area contributed by atoms with Crippen LogP contribution in [-0.2, 0) is 20.5 Å². The molecule has 27 heavy (non-hydrogen) atoms. The van der Waals surface area contributed by atoms with Crippen LogP contribution in [-0.4, -0.2) is 42.6 Å².